The van der Waals surface area contributed by atoms with Crippen molar-refractivity contribution in [3.05, 3.63) is 41.5 Å². The summed E-state index contributed by atoms with van der Waals surface area (Å²) < 4.78 is 27.0. The molecule has 0 aromatic heterocycles. The van der Waals surface area contributed by atoms with Gasteiger partial charge in [-0.1, -0.05) is 30.2 Å². The molecule has 0 spiro atoms. The van der Waals surface area contributed by atoms with Crippen LogP contribution in [0, 0.1) is 0 Å². The van der Waals surface area contributed by atoms with Gasteiger partial charge in [0, 0.05) is 38.8 Å². The molecule has 2 aliphatic rings. The molecule has 0 atom stereocenters. The molecule has 1 aromatic rings. The highest BCUT2D eigenvalue weighted by molar-refractivity contribution is 7.89. The Balaban J connectivity index is 1.47. The molecule has 0 bridgehead atoms. The van der Waals surface area contributed by atoms with Gasteiger partial charge in [-0.15, -0.1) is 0 Å². The first kappa shape index (κ1) is 23.0. The second-order valence-corrected chi connectivity index (χ2v) is 10.6. The molecule has 7 heteroatoms. The fraction of sp³-hybridized carbons (Fsp3) is 0.609. The lowest BCUT2D eigenvalue weighted by atomic mass is 10.0. The molecule has 0 radical (unpaired) electrons. The molecule has 1 N–H and O–H groups in total. The Morgan fingerprint density at radius 2 is 1.67 bits per heavy atom. The summed E-state index contributed by atoms with van der Waals surface area (Å²) in [6.45, 7) is 8.40. The maximum absolute atomic E-state index is 12.7. The van der Waals surface area contributed by atoms with Crippen molar-refractivity contribution in [2.24, 2.45) is 0 Å². The van der Waals surface area contributed by atoms with Crippen molar-refractivity contribution in [1.29, 1.82) is 0 Å². The van der Waals surface area contributed by atoms with E-state index in [1.807, 2.05) is 0 Å². The molecule has 2 saturated heterocycles. The summed E-state index contributed by atoms with van der Waals surface area (Å²) in [5.74, 6) is 0.00406. The van der Waals surface area contributed by atoms with Gasteiger partial charge >= 0.3 is 0 Å². The predicted molar refractivity (Wildman–Crippen MR) is 120 cm³/mol. The maximum Gasteiger partial charge on any atom is 0.243 e. The summed E-state index contributed by atoms with van der Waals surface area (Å²) in [6.07, 6.45) is 7.39. The van der Waals surface area contributed by atoms with Gasteiger partial charge in [-0.25, -0.2) is 8.42 Å². The van der Waals surface area contributed by atoms with Gasteiger partial charge in [-0.05, 0) is 57.2 Å². The van der Waals surface area contributed by atoms with E-state index in [9.17, 15) is 13.2 Å². The largest absolute Gasteiger partial charge is 0.353 e. The number of rotatable bonds is 7. The molecule has 1 amide bonds. The molecule has 1 aromatic carbocycles. The predicted octanol–water partition coefficient (Wildman–Crippen LogP) is 2.95. The van der Waals surface area contributed by atoms with E-state index in [4.69, 9.17) is 0 Å². The Morgan fingerprint density at radius 1 is 1.03 bits per heavy atom. The van der Waals surface area contributed by atoms with Crippen LogP contribution < -0.4 is 5.32 Å². The van der Waals surface area contributed by atoms with Crippen LogP contribution in [-0.4, -0.2) is 62.3 Å². The number of amides is 1. The SMILES string of the molecule is CC(C)=CCN1CCC(NC(=O)Cc2ccc(S(=O)(=O)N3CCCCC3)cc2)CC1. The number of benzene rings is 1. The average molecular weight is 434 g/mol. The molecule has 166 valence electrons. The van der Waals surface area contributed by atoms with Gasteiger partial charge in [0.1, 0.15) is 0 Å². The highest BCUT2D eigenvalue weighted by Gasteiger charge is 2.26. The molecule has 3 rings (SSSR count). The van der Waals surface area contributed by atoms with Crippen molar-refractivity contribution < 1.29 is 13.2 Å². The van der Waals surface area contributed by atoms with Crippen molar-refractivity contribution in [2.75, 3.05) is 32.7 Å². The van der Waals surface area contributed by atoms with Gasteiger partial charge in [0.15, 0.2) is 0 Å². The molecular formula is C23H35N3O3S. The van der Waals surface area contributed by atoms with Crippen LogP contribution in [-0.2, 0) is 21.2 Å². The first-order chi connectivity index (χ1) is 14.3. The smallest absolute Gasteiger partial charge is 0.243 e. The molecule has 2 fully saturated rings. The van der Waals surface area contributed by atoms with E-state index in [2.05, 4.69) is 30.1 Å². The fourth-order valence-electron chi connectivity index (χ4n) is 4.07. The number of nitrogens with one attached hydrogen (secondary N) is 1. The quantitative estimate of drug-likeness (QED) is 0.671. The number of carbonyl (C=O) groups is 1. The van der Waals surface area contributed by atoms with Crippen molar-refractivity contribution in [1.82, 2.24) is 14.5 Å². The monoisotopic (exact) mass is 433 g/mol. The summed E-state index contributed by atoms with van der Waals surface area (Å²) >= 11 is 0. The maximum atomic E-state index is 12.7. The van der Waals surface area contributed by atoms with Crippen molar-refractivity contribution in [3.63, 3.8) is 0 Å². The van der Waals surface area contributed by atoms with Gasteiger partial charge < -0.3 is 5.32 Å². The molecule has 0 saturated carbocycles. The molecule has 30 heavy (non-hydrogen) atoms. The van der Waals surface area contributed by atoms with Gasteiger partial charge in [0.2, 0.25) is 15.9 Å². The number of hydrogen-bond acceptors (Lipinski definition) is 4. The van der Waals surface area contributed by atoms with Gasteiger partial charge in [-0.2, -0.15) is 4.31 Å². The lowest BCUT2D eigenvalue weighted by Crippen LogP contribution is -2.45. The Labute approximate surface area is 181 Å². The second kappa shape index (κ2) is 10.6. The van der Waals surface area contributed by atoms with Crippen LogP contribution in [0.5, 0.6) is 0 Å². The van der Waals surface area contributed by atoms with Crippen LogP contribution in [0.25, 0.3) is 0 Å². The standard InChI is InChI=1S/C23H35N3O3S/c1-19(2)10-15-25-16-11-21(12-17-25)24-23(27)18-20-6-8-22(9-7-20)30(28,29)26-13-4-3-5-14-26/h6-10,21H,3-5,11-18H2,1-2H3,(H,24,27). The molecule has 6 nitrogen and oxygen atoms in total. The van der Waals surface area contributed by atoms with E-state index in [1.165, 1.54) is 5.57 Å². The van der Waals surface area contributed by atoms with Gasteiger partial charge in [-0.3, -0.25) is 9.69 Å². The highest BCUT2D eigenvalue weighted by atomic mass is 32.2. The zero-order chi connectivity index (χ0) is 21.6. The van der Waals surface area contributed by atoms with Crippen LogP contribution in [0.15, 0.2) is 40.8 Å². The molecular weight excluding hydrogens is 398 g/mol. The van der Waals surface area contributed by atoms with Crippen LogP contribution in [0.1, 0.15) is 51.5 Å². The van der Waals surface area contributed by atoms with E-state index in [-0.39, 0.29) is 18.4 Å². The third kappa shape index (κ3) is 6.40. The van der Waals surface area contributed by atoms with Crippen molar-refractivity contribution in [3.8, 4) is 0 Å². The van der Waals surface area contributed by atoms with E-state index in [1.54, 1.807) is 28.6 Å². The number of nitrogens with zero attached hydrogens (tertiary/aromatic N) is 2. The summed E-state index contributed by atoms with van der Waals surface area (Å²) in [5.41, 5.74) is 2.17. The van der Waals surface area contributed by atoms with E-state index >= 15 is 0 Å². The number of likely N-dealkylation sites (tertiary alicyclic amines) is 1. The van der Waals surface area contributed by atoms with Crippen LogP contribution >= 0.6 is 0 Å². The average Bonchev–Trinajstić information content (AvgIpc) is 2.74. The summed E-state index contributed by atoms with van der Waals surface area (Å²) in [4.78, 5) is 15.2. The van der Waals surface area contributed by atoms with Gasteiger partial charge in [0.25, 0.3) is 0 Å². The zero-order valence-electron chi connectivity index (χ0n) is 18.3. The molecule has 2 aliphatic heterocycles. The van der Waals surface area contributed by atoms with E-state index in [0.717, 1.165) is 57.3 Å². The number of sulfonamides is 1. The number of allylic oxidation sites excluding steroid dienone is 1. The Morgan fingerprint density at radius 3 is 2.27 bits per heavy atom. The molecule has 0 unspecified atom stereocenters. The first-order valence-corrected chi connectivity index (χ1v) is 12.5. The van der Waals surface area contributed by atoms with E-state index in [0.29, 0.717) is 18.0 Å². The minimum Gasteiger partial charge on any atom is -0.353 e. The lowest BCUT2D eigenvalue weighted by Gasteiger charge is -2.31. The summed E-state index contributed by atoms with van der Waals surface area (Å²) in [7, 11) is -3.42. The van der Waals surface area contributed by atoms with Crippen LogP contribution in [0.4, 0.5) is 0 Å². The minimum atomic E-state index is -3.42. The normalized spacial score (nSPS) is 19.4. The van der Waals surface area contributed by atoms with Crippen molar-refractivity contribution in [2.45, 2.75) is 63.3 Å². The third-order valence-electron chi connectivity index (χ3n) is 5.95. The Bertz CT molecular complexity index is 831. The summed E-state index contributed by atoms with van der Waals surface area (Å²) in [6, 6.07) is 7.01. The Hall–Kier alpha value is -1.70. The number of hydrogen-bond donors (Lipinski definition) is 1. The first-order valence-electron chi connectivity index (χ1n) is 11.1. The van der Waals surface area contributed by atoms with Crippen LogP contribution in [0.2, 0.25) is 0 Å². The van der Waals surface area contributed by atoms with Gasteiger partial charge in [0.05, 0.1) is 11.3 Å². The van der Waals surface area contributed by atoms with Crippen molar-refractivity contribution >= 4 is 15.9 Å². The van der Waals surface area contributed by atoms with E-state index < -0.39 is 10.0 Å². The highest BCUT2D eigenvalue weighted by Crippen LogP contribution is 2.21. The topological polar surface area (TPSA) is 69.7 Å². The Kier molecular flexibility index (Phi) is 8.08. The number of piperidine rings is 2. The minimum absolute atomic E-state index is 0.00406. The number of carbonyl (C=O) groups excluding carboxylic acids is 1. The molecule has 2 heterocycles. The third-order valence-corrected chi connectivity index (χ3v) is 7.86. The fourth-order valence-corrected chi connectivity index (χ4v) is 5.59. The second-order valence-electron chi connectivity index (χ2n) is 8.71. The molecule has 0 aliphatic carbocycles. The zero-order valence-corrected chi connectivity index (χ0v) is 19.1. The van der Waals surface area contributed by atoms with Crippen LogP contribution in [0.3, 0.4) is 0 Å². The summed E-state index contributed by atoms with van der Waals surface area (Å²) in [5, 5.41) is 3.14. The lowest BCUT2D eigenvalue weighted by molar-refractivity contribution is -0.121.